The van der Waals surface area contributed by atoms with E-state index in [1.54, 1.807) is 0 Å². The van der Waals surface area contributed by atoms with Crippen molar-refractivity contribution in [1.82, 2.24) is 5.32 Å². The Balaban J connectivity index is 2.30. The molecule has 1 rings (SSSR count). The molecule has 3 heteroatoms. The SMILES string of the molecule is CCCCNC(=O)C(C)C1C=CC(C)O1. The minimum absolute atomic E-state index is 0.0540. The van der Waals surface area contributed by atoms with Crippen LogP contribution in [-0.4, -0.2) is 24.7 Å². The van der Waals surface area contributed by atoms with Crippen molar-refractivity contribution in [2.75, 3.05) is 6.54 Å². The first-order chi connectivity index (χ1) is 7.15. The Labute approximate surface area is 91.9 Å². The molecule has 3 unspecified atom stereocenters. The van der Waals surface area contributed by atoms with E-state index in [9.17, 15) is 4.79 Å². The Bertz CT molecular complexity index is 238. The monoisotopic (exact) mass is 211 g/mol. The number of amides is 1. The highest BCUT2D eigenvalue weighted by atomic mass is 16.5. The van der Waals surface area contributed by atoms with Gasteiger partial charge in [0.2, 0.25) is 5.91 Å². The fraction of sp³-hybridized carbons (Fsp3) is 0.750. The maximum Gasteiger partial charge on any atom is 0.225 e. The van der Waals surface area contributed by atoms with Gasteiger partial charge in [-0.3, -0.25) is 4.79 Å². The summed E-state index contributed by atoms with van der Waals surface area (Å²) in [7, 11) is 0. The topological polar surface area (TPSA) is 38.3 Å². The van der Waals surface area contributed by atoms with Crippen molar-refractivity contribution in [3.05, 3.63) is 12.2 Å². The summed E-state index contributed by atoms with van der Waals surface area (Å²) in [6.07, 6.45) is 6.21. The second-order valence-corrected chi connectivity index (χ2v) is 4.12. The van der Waals surface area contributed by atoms with Crippen LogP contribution in [0.1, 0.15) is 33.6 Å². The van der Waals surface area contributed by atoms with Crippen molar-refractivity contribution < 1.29 is 9.53 Å². The first-order valence-corrected chi connectivity index (χ1v) is 5.76. The molecule has 0 saturated heterocycles. The third-order valence-corrected chi connectivity index (χ3v) is 2.68. The highest BCUT2D eigenvalue weighted by Crippen LogP contribution is 2.18. The zero-order valence-corrected chi connectivity index (χ0v) is 9.82. The molecule has 0 spiro atoms. The average Bonchev–Trinajstić information content (AvgIpc) is 2.64. The van der Waals surface area contributed by atoms with Crippen molar-refractivity contribution in [2.45, 2.75) is 45.8 Å². The van der Waals surface area contributed by atoms with Crippen molar-refractivity contribution in [3.63, 3.8) is 0 Å². The molecule has 0 aromatic rings. The average molecular weight is 211 g/mol. The normalized spacial score (nSPS) is 26.6. The highest BCUT2D eigenvalue weighted by molar-refractivity contribution is 5.79. The molecule has 86 valence electrons. The quantitative estimate of drug-likeness (QED) is 0.557. The van der Waals surface area contributed by atoms with Crippen molar-refractivity contribution in [3.8, 4) is 0 Å². The zero-order valence-electron chi connectivity index (χ0n) is 9.82. The maximum absolute atomic E-state index is 11.7. The first-order valence-electron chi connectivity index (χ1n) is 5.76. The van der Waals surface area contributed by atoms with E-state index in [0.717, 1.165) is 19.4 Å². The van der Waals surface area contributed by atoms with Gasteiger partial charge in [0.1, 0.15) is 0 Å². The molecule has 0 aromatic heterocycles. The lowest BCUT2D eigenvalue weighted by Gasteiger charge is -2.18. The molecule has 0 bridgehead atoms. The number of carbonyl (C=O) groups excluding carboxylic acids is 1. The lowest BCUT2D eigenvalue weighted by Crippen LogP contribution is -2.36. The van der Waals surface area contributed by atoms with Crippen LogP contribution in [0.25, 0.3) is 0 Å². The predicted octanol–water partition coefficient (Wildman–Crippen LogP) is 1.88. The van der Waals surface area contributed by atoms with Gasteiger partial charge in [-0.1, -0.05) is 32.4 Å². The number of rotatable bonds is 5. The molecule has 0 aliphatic carbocycles. The van der Waals surface area contributed by atoms with Crippen molar-refractivity contribution in [1.29, 1.82) is 0 Å². The van der Waals surface area contributed by atoms with Crippen LogP contribution in [-0.2, 0) is 9.53 Å². The van der Waals surface area contributed by atoms with Gasteiger partial charge < -0.3 is 10.1 Å². The molecule has 1 N–H and O–H groups in total. The van der Waals surface area contributed by atoms with Gasteiger partial charge in [-0.25, -0.2) is 0 Å². The second-order valence-electron chi connectivity index (χ2n) is 4.12. The lowest BCUT2D eigenvalue weighted by molar-refractivity contribution is -0.128. The van der Waals surface area contributed by atoms with Gasteiger partial charge in [0.05, 0.1) is 18.1 Å². The van der Waals surface area contributed by atoms with Crippen LogP contribution in [0.4, 0.5) is 0 Å². The Hall–Kier alpha value is -0.830. The van der Waals surface area contributed by atoms with Gasteiger partial charge >= 0.3 is 0 Å². The fourth-order valence-electron chi connectivity index (χ4n) is 1.59. The van der Waals surface area contributed by atoms with Crippen LogP contribution >= 0.6 is 0 Å². The molecule has 0 radical (unpaired) electrons. The lowest BCUT2D eigenvalue weighted by atomic mass is 10.0. The van der Waals surface area contributed by atoms with E-state index in [0.29, 0.717) is 0 Å². The smallest absolute Gasteiger partial charge is 0.225 e. The molecular weight excluding hydrogens is 190 g/mol. The Morgan fingerprint density at radius 3 is 2.80 bits per heavy atom. The molecule has 1 heterocycles. The third kappa shape index (κ3) is 3.67. The van der Waals surface area contributed by atoms with E-state index in [2.05, 4.69) is 12.2 Å². The van der Waals surface area contributed by atoms with Crippen LogP contribution in [0.2, 0.25) is 0 Å². The second kappa shape index (κ2) is 5.91. The third-order valence-electron chi connectivity index (χ3n) is 2.68. The van der Waals surface area contributed by atoms with Crippen molar-refractivity contribution >= 4 is 5.91 Å². The molecule has 15 heavy (non-hydrogen) atoms. The summed E-state index contributed by atoms with van der Waals surface area (Å²) in [5.74, 6) is -0.00439. The largest absolute Gasteiger partial charge is 0.366 e. The number of ether oxygens (including phenoxy) is 1. The summed E-state index contributed by atoms with van der Waals surface area (Å²) in [6, 6.07) is 0. The van der Waals surface area contributed by atoms with E-state index < -0.39 is 0 Å². The summed E-state index contributed by atoms with van der Waals surface area (Å²) in [6.45, 7) is 6.78. The number of unbranched alkanes of at least 4 members (excludes halogenated alkanes) is 1. The Morgan fingerprint density at radius 2 is 2.27 bits per heavy atom. The zero-order chi connectivity index (χ0) is 11.3. The summed E-state index contributed by atoms with van der Waals surface area (Å²) in [4.78, 5) is 11.7. The van der Waals surface area contributed by atoms with Gasteiger partial charge in [0.25, 0.3) is 0 Å². The van der Waals surface area contributed by atoms with E-state index in [-0.39, 0.29) is 24.0 Å². The van der Waals surface area contributed by atoms with E-state index in [1.807, 2.05) is 26.0 Å². The molecule has 3 nitrogen and oxygen atoms in total. The molecule has 0 aromatic carbocycles. The maximum atomic E-state index is 11.7. The van der Waals surface area contributed by atoms with Crippen LogP contribution in [0.15, 0.2) is 12.2 Å². The minimum Gasteiger partial charge on any atom is -0.366 e. The summed E-state index contributed by atoms with van der Waals surface area (Å²) >= 11 is 0. The van der Waals surface area contributed by atoms with Gasteiger partial charge in [-0.05, 0) is 13.3 Å². The highest BCUT2D eigenvalue weighted by Gasteiger charge is 2.26. The van der Waals surface area contributed by atoms with Gasteiger partial charge in [0, 0.05) is 6.54 Å². The number of hydrogen-bond acceptors (Lipinski definition) is 2. The molecule has 3 atom stereocenters. The van der Waals surface area contributed by atoms with Gasteiger partial charge in [-0.15, -0.1) is 0 Å². The summed E-state index contributed by atoms with van der Waals surface area (Å²) in [5, 5.41) is 2.92. The fourth-order valence-corrected chi connectivity index (χ4v) is 1.59. The molecular formula is C12H21NO2. The van der Waals surface area contributed by atoms with E-state index >= 15 is 0 Å². The van der Waals surface area contributed by atoms with Gasteiger partial charge in [-0.2, -0.15) is 0 Å². The molecule has 1 aliphatic heterocycles. The van der Waals surface area contributed by atoms with Crippen LogP contribution in [0, 0.1) is 5.92 Å². The number of hydrogen-bond donors (Lipinski definition) is 1. The number of nitrogens with one attached hydrogen (secondary N) is 1. The van der Waals surface area contributed by atoms with Crippen molar-refractivity contribution in [2.24, 2.45) is 5.92 Å². The molecule has 1 amide bonds. The van der Waals surface area contributed by atoms with Crippen LogP contribution in [0.3, 0.4) is 0 Å². The van der Waals surface area contributed by atoms with Crippen LogP contribution in [0.5, 0.6) is 0 Å². The molecule has 0 saturated carbocycles. The summed E-state index contributed by atoms with van der Waals surface area (Å²) in [5.41, 5.74) is 0. The Kier molecular flexibility index (Phi) is 4.82. The van der Waals surface area contributed by atoms with E-state index in [1.165, 1.54) is 0 Å². The minimum atomic E-state index is -0.0944. The molecule has 0 fully saturated rings. The standard InChI is InChI=1S/C12H21NO2/c1-4-5-8-13-12(14)10(3)11-7-6-9(2)15-11/h6-7,9-11H,4-5,8H2,1-3H3,(H,13,14). The number of carbonyl (C=O) groups is 1. The Morgan fingerprint density at radius 1 is 1.53 bits per heavy atom. The first kappa shape index (κ1) is 12.2. The van der Waals surface area contributed by atoms with Gasteiger partial charge in [0.15, 0.2) is 0 Å². The van der Waals surface area contributed by atoms with E-state index in [4.69, 9.17) is 4.74 Å². The predicted molar refractivity (Wildman–Crippen MR) is 60.6 cm³/mol. The summed E-state index contributed by atoms with van der Waals surface area (Å²) < 4.78 is 5.58. The molecule has 1 aliphatic rings. The van der Waals surface area contributed by atoms with Crippen LogP contribution < -0.4 is 5.32 Å².